The fourth-order valence-electron chi connectivity index (χ4n) is 2.95. The predicted molar refractivity (Wildman–Crippen MR) is 88.8 cm³/mol. The topological polar surface area (TPSA) is 35.6 Å². The molecule has 0 aromatic carbocycles. The molecule has 2 heterocycles. The van der Waals surface area contributed by atoms with Crippen molar-refractivity contribution in [2.75, 3.05) is 0 Å². The van der Waals surface area contributed by atoms with E-state index in [9.17, 15) is 0 Å². The van der Waals surface area contributed by atoms with Crippen molar-refractivity contribution in [3.63, 3.8) is 0 Å². The first-order valence-electron chi connectivity index (χ1n) is 8.09. The highest BCUT2D eigenvalue weighted by atomic mass is 35.5. The van der Waals surface area contributed by atoms with Crippen LogP contribution in [-0.2, 0) is 20.0 Å². The lowest BCUT2D eigenvalue weighted by Gasteiger charge is -2.17. The van der Waals surface area contributed by atoms with E-state index in [4.69, 9.17) is 16.6 Å². The number of fused-ring (bicyclic) bond motifs is 1. The first kappa shape index (κ1) is 16.3. The van der Waals surface area contributed by atoms with E-state index >= 15 is 0 Å². The van der Waals surface area contributed by atoms with Gasteiger partial charge >= 0.3 is 0 Å². The Balaban J connectivity index is 2.56. The summed E-state index contributed by atoms with van der Waals surface area (Å²) >= 11 is 6.38. The Morgan fingerprint density at radius 1 is 1.19 bits per heavy atom. The Kier molecular flexibility index (Phi) is 5.31. The van der Waals surface area contributed by atoms with Crippen LogP contribution in [0.4, 0.5) is 0 Å². The molecule has 2 aromatic rings. The maximum Gasteiger partial charge on any atom is 0.158 e. The van der Waals surface area contributed by atoms with Crippen LogP contribution in [0, 0.1) is 5.92 Å². The molecule has 0 aliphatic heterocycles. The number of rotatable bonds is 7. The molecule has 0 bridgehead atoms. The van der Waals surface area contributed by atoms with Gasteiger partial charge in [0, 0.05) is 13.6 Å². The largest absolute Gasteiger partial charge is 0.311 e. The van der Waals surface area contributed by atoms with Gasteiger partial charge in [-0.15, -0.1) is 11.6 Å². The highest BCUT2D eigenvalue weighted by Crippen LogP contribution is 2.28. The van der Waals surface area contributed by atoms with Gasteiger partial charge in [0.05, 0.1) is 11.1 Å². The molecule has 0 fully saturated rings. The molecule has 0 aliphatic rings. The normalized spacial score (nSPS) is 13.5. The molecule has 1 unspecified atom stereocenters. The van der Waals surface area contributed by atoms with E-state index in [0.717, 1.165) is 42.1 Å². The summed E-state index contributed by atoms with van der Waals surface area (Å²) in [7, 11) is 2.01. The van der Waals surface area contributed by atoms with Crippen molar-refractivity contribution >= 4 is 22.8 Å². The number of nitrogens with zero attached hydrogens (tertiary/aromatic N) is 4. The zero-order valence-electron chi connectivity index (χ0n) is 13.9. The quantitative estimate of drug-likeness (QED) is 0.708. The Morgan fingerprint density at radius 3 is 2.38 bits per heavy atom. The van der Waals surface area contributed by atoms with Gasteiger partial charge in [0.1, 0.15) is 11.3 Å². The summed E-state index contributed by atoms with van der Waals surface area (Å²) in [5.41, 5.74) is 3.25. The SMILES string of the molecule is CCCc1nn(C)c2c1nc(C(C)Cl)n2CC(CC)CC. The third kappa shape index (κ3) is 3.10. The number of aromatic nitrogens is 4. The number of aryl methyl sites for hydroxylation is 2. The van der Waals surface area contributed by atoms with E-state index in [1.807, 2.05) is 18.7 Å². The highest BCUT2D eigenvalue weighted by Gasteiger charge is 2.22. The minimum absolute atomic E-state index is 0.0822. The molecule has 0 saturated carbocycles. The van der Waals surface area contributed by atoms with Crippen molar-refractivity contribution in [2.45, 2.75) is 65.3 Å². The Hall–Kier alpha value is -1.03. The van der Waals surface area contributed by atoms with Gasteiger partial charge in [0.25, 0.3) is 0 Å². The average Bonchev–Trinajstić information content (AvgIpc) is 2.96. The van der Waals surface area contributed by atoms with Crippen LogP contribution in [0.25, 0.3) is 11.2 Å². The van der Waals surface area contributed by atoms with E-state index in [1.54, 1.807) is 0 Å². The van der Waals surface area contributed by atoms with Gasteiger partial charge in [-0.1, -0.05) is 40.0 Å². The number of alkyl halides is 1. The molecule has 5 heteroatoms. The first-order valence-corrected chi connectivity index (χ1v) is 8.53. The molecule has 0 spiro atoms. The Bertz CT molecular complexity index is 593. The molecule has 21 heavy (non-hydrogen) atoms. The van der Waals surface area contributed by atoms with Gasteiger partial charge < -0.3 is 4.57 Å². The minimum atomic E-state index is -0.0822. The Morgan fingerprint density at radius 2 is 1.86 bits per heavy atom. The predicted octanol–water partition coefficient (Wildman–Crippen LogP) is 4.46. The summed E-state index contributed by atoms with van der Waals surface area (Å²) in [6.07, 6.45) is 4.39. The Labute approximate surface area is 132 Å². The van der Waals surface area contributed by atoms with Crippen LogP contribution < -0.4 is 0 Å². The van der Waals surface area contributed by atoms with Gasteiger partial charge in [-0.25, -0.2) is 4.98 Å². The van der Waals surface area contributed by atoms with Gasteiger partial charge in [0.2, 0.25) is 0 Å². The van der Waals surface area contributed by atoms with E-state index in [1.165, 1.54) is 12.8 Å². The fraction of sp³-hybridized carbons (Fsp3) is 0.750. The number of hydrogen-bond acceptors (Lipinski definition) is 2. The molecule has 4 nitrogen and oxygen atoms in total. The van der Waals surface area contributed by atoms with Crippen LogP contribution in [0.2, 0.25) is 0 Å². The molecule has 1 atom stereocenters. The average molecular weight is 311 g/mol. The summed E-state index contributed by atoms with van der Waals surface area (Å²) in [6, 6.07) is 0. The lowest BCUT2D eigenvalue weighted by Crippen LogP contribution is -2.14. The number of hydrogen-bond donors (Lipinski definition) is 0. The lowest BCUT2D eigenvalue weighted by atomic mass is 10.0. The van der Waals surface area contributed by atoms with Crippen molar-refractivity contribution in [1.82, 2.24) is 19.3 Å². The second-order valence-electron chi connectivity index (χ2n) is 5.87. The van der Waals surface area contributed by atoms with Gasteiger partial charge in [-0.3, -0.25) is 4.68 Å². The van der Waals surface area contributed by atoms with Gasteiger partial charge in [0.15, 0.2) is 5.65 Å². The summed E-state index contributed by atoms with van der Waals surface area (Å²) in [5, 5.41) is 4.57. The van der Waals surface area contributed by atoms with Gasteiger partial charge in [-0.2, -0.15) is 5.10 Å². The van der Waals surface area contributed by atoms with E-state index in [2.05, 4.69) is 30.4 Å². The second-order valence-corrected chi connectivity index (χ2v) is 6.53. The molecule has 2 aromatic heterocycles. The van der Waals surface area contributed by atoms with Crippen LogP contribution in [0.1, 0.15) is 63.9 Å². The zero-order chi connectivity index (χ0) is 15.6. The standard InChI is InChI=1S/C16H27ClN4/c1-6-9-13-14-16(20(5)19-13)21(10-12(7-2)8-3)15(18-14)11(4)17/h11-12H,6-10H2,1-5H3. The summed E-state index contributed by atoms with van der Waals surface area (Å²) < 4.78 is 4.26. The van der Waals surface area contributed by atoms with Crippen molar-refractivity contribution in [1.29, 1.82) is 0 Å². The van der Waals surface area contributed by atoms with Crippen LogP contribution >= 0.6 is 11.6 Å². The molecule has 0 aliphatic carbocycles. The smallest absolute Gasteiger partial charge is 0.158 e. The molecule has 0 N–H and O–H groups in total. The molecule has 0 radical (unpaired) electrons. The first-order chi connectivity index (χ1) is 10.0. The zero-order valence-corrected chi connectivity index (χ0v) is 14.6. The van der Waals surface area contributed by atoms with Crippen molar-refractivity contribution in [3.8, 4) is 0 Å². The van der Waals surface area contributed by atoms with Crippen LogP contribution in [0.3, 0.4) is 0 Å². The molecule has 2 rings (SSSR count). The summed E-state index contributed by atoms with van der Waals surface area (Å²) in [6.45, 7) is 9.64. The molecule has 0 saturated heterocycles. The lowest BCUT2D eigenvalue weighted by molar-refractivity contribution is 0.413. The maximum atomic E-state index is 6.38. The number of imidazole rings is 1. The molecule has 0 amide bonds. The van der Waals surface area contributed by atoms with E-state index < -0.39 is 0 Å². The van der Waals surface area contributed by atoms with Gasteiger partial charge in [-0.05, 0) is 19.3 Å². The molecular weight excluding hydrogens is 284 g/mol. The fourth-order valence-corrected chi connectivity index (χ4v) is 3.12. The maximum absolute atomic E-state index is 6.38. The second kappa shape index (κ2) is 6.82. The third-order valence-corrected chi connectivity index (χ3v) is 4.45. The van der Waals surface area contributed by atoms with E-state index in [-0.39, 0.29) is 5.38 Å². The van der Waals surface area contributed by atoms with Crippen molar-refractivity contribution < 1.29 is 0 Å². The van der Waals surface area contributed by atoms with Crippen LogP contribution in [-0.4, -0.2) is 19.3 Å². The van der Waals surface area contributed by atoms with Crippen LogP contribution in [0.15, 0.2) is 0 Å². The van der Waals surface area contributed by atoms with E-state index in [0.29, 0.717) is 5.92 Å². The van der Waals surface area contributed by atoms with Crippen LogP contribution in [0.5, 0.6) is 0 Å². The van der Waals surface area contributed by atoms with Crippen molar-refractivity contribution in [2.24, 2.45) is 13.0 Å². The monoisotopic (exact) mass is 310 g/mol. The third-order valence-electron chi connectivity index (χ3n) is 4.26. The summed E-state index contributed by atoms with van der Waals surface area (Å²) in [5.74, 6) is 1.63. The van der Waals surface area contributed by atoms with Crippen molar-refractivity contribution in [3.05, 3.63) is 11.5 Å². The molecule has 118 valence electrons. The minimum Gasteiger partial charge on any atom is -0.311 e. The summed E-state index contributed by atoms with van der Waals surface area (Å²) in [4.78, 5) is 4.82. The number of halogens is 1. The molecular formula is C16H27ClN4. The highest BCUT2D eigenvalue weighted by molar-refractivity contribution is 6.20.